The Labute approximate surface area is 184 Å². The molecular formula is C23H33N5O3. The molecule has 31 heavy (non-hydrogen) atoms. The molecule has 1 amide bonds. The van der Waals surface area contributed by atoms with Crippen LogP contribution in [0.1, 0.15) is 19.8 Å². The number of ether oxygens (including phenoxy) is 1. The van der Waals surface area contributed by atoms with Crippen LogP contribution in [0.5, 0.6) is 0 Å². The molecule has 8 nitrogen and oxygen atoms in total. The van der Waals surface area contributed by atoms with Gasteiger partial charge >= 0.3 is 5.97 Å². The highest BCUT2D eigenvalue weighted by Crippen LogP contribution is 2.25. The van der Waals surface area contributed by atoms with E-state index in [-0.39, 0.29) is 24.0 Å². The summed E-state index contributed by atoms with van der Waals surface area (Å²) in [6.07, 6.45) is 11.4. The first-order valence-electron chi connectivity index (χ1n) is 10.8. The van der Waals surface area contributed by atoms with Crippen molar-refractivity contribution in [1.29, 1.82) is 0 Å². The van der Waals surface area contributed by atoms with Gasteiger partial charge in [-0.1, -0.05) is 12.7 Å². The number of carbonyl (C=O) groups is 2. The van der Waals surface area contributed by atoms with Crippen LogP contribution in [0.2, 0.25) is 0 Å². The average Bonchev–Trinajstić information content (AvgIpc) is 2.83. The number of allylic oxidation sites excluding steroid dienone is 4. The van der Waals surface area contributed by atoms with Crippen molar-refractivity contribution in [2.75, 3.05) is 40.3 Å². The Balaban J connectivity index is 1.82. The van der Waals surface area contributed by atoms with Crippen LogP contribution in [-0.2, 0) is 14.3 Å². The molecule has 0 radical (unpaired) electrons. The highest BCUT2D eigenvalue weighted by atomic mass is 16.5. The number of methoxy groups -OCH3 is 1. The van der Waals surface area contributed by atoms with Gasteiger partial charge in [0.05, 0.1) is 19.2 Å². The molecular weight excluding hydrogens is 394 g/mol. The molecule has 2 unspecified atom stereocenters. The fraction of sp³-hybridized carbons (Fsp3) is 0.478. The highest BCUT2D eigenvalue weighted by molar-refractivity contribution is 5.95. The number of hydrogen-bond acceptors (Lipinski definition) is 7. The van der Waals surface area contributed by atoms with E-state index in [0.717, 1.165) is 36.5 Å². The van der Waals surface area contributed by atoms with Gasteiger partial charge < -0.3 is 25.2 Å². The highest BCUT2D eigenvalue weighted by Gasteiger charge is 2.31. The largest absolute Gasteiger partial charge is 0.469 e. The number of dihydropyridines is 2. The number of carbonyl (C=O) groups excluding carboxylic acids is 2. The van der Waals surface area contributed by atoms with E-state index in [2.05, 4.69) is 40.4 Å². The molecule has 0 saturated carbocycles. The van der Waals surface area contributed by atoms with Crippen LogP contribution in [-0.4, -0.2) is 68.2 Å². The van der Waals surface area contributed by atoms with Crippen LogP contribution in [0, 0.1) is 5.92 Å². The van der Waals surface area contributed by atoms with Crippen molar-refractivity contribution >= 4 is 11.9 Å². The summed E-state index contributed by atoms with van der Waals surface area (Å²) in [4.78, 5) is 29.0. The second-order valence-electron chi connectivity index (χ2n) is 7.75. The van der Waals surface area contributed by atoms with Crippen molar-refractivity contribution in [2.24, 2.45) is 5.92 Å². The summed E-state index contributed by atoms with van der Waals surface area (Å²) in [5.41, 5.74) is 2.59. The van der Waals surface area contributed by atoms with E-state index in [9.17, 15) is 9.59 Å². The number of hydrogen-bond donors (Lipinski definition) is 3. The molecule has 0 bridgehead atoms. The van der Waals surface area contributed by atoms with Crippen molar-refractivity contribution in [3.05, 3.63) is 59.7 Å². The van der Waals surface area contributed by atoms with Gasteiger partial charge in [-0.3, -0.25) is 14.9 Å². The van der Waals surface area contributed by atoms with Crippen LogP contribution in [0.15, 0.2) is 59.7 Å². The average molecular weight is 428 g/mol. The molecule has 0 aromatic carbocycles. The zero-order chi connectivity index (χ0) is 22.4. The normalized spacial score (nSPS) is 23.3. The van der Waals surface area contributed by atoms with E-state index < -0.39 is 0 Å². The number of likely N-dealkylation sites (tertiary alicyclic amines) is 1. The smallest absolute Gasteiger partial charge is 0.310 e. The maximum absolute atomic E-state index is 13.2. The lowest BCUT2D eigenvalue weighted by molar-refractivity contribution is -0.148. The third-order valence-electron chi connectivity index (χ3n) is 5.86. The second-order valence-corrected chi connectivity index (χ2v) is 7.75. The molecule has 3 N–H and O–H groups in total. The van der Waals surface area contributed by atoms with Gasteiger partial charge in [0.25, 0.3) is 5.91 Å². The lowest BCUT2D eigenvalue weighted by Crippen LogP contribution is -2.45. The third kappa shape index (κ3) is 5.02. The molecule has 3 aliphatic rings. The van der Waals surface area contributed by atoms with Crippen molar-refractivity contribution in [3.63, 3.8) is 0 Å². The molecule has 3 rings (SSSR count). The predicted octanol–water partition coefficient (Wildman–Crippen LogP) is 1.19. The Morgan fingerprint density at radius 3 is 2.94 bits per heavy atom. The van der Waals surface area contributed by atoms with Crippen LogP contribution in [0.3, 0.4) is 0 Å². The van der Waals surface area contributed by atoms with Crippen LogP contribution < -0.4 is 16.0 Å². The number of likely N-dealkylation sites (N-methyl/N-ethyl adjacent to an activating group) is 2. The Hall–Kier alpha value is -3.00. The predicted molar refractivity (Wildman–Crippen MR) is 120 cm³/mol. The Morgan fingerprint density at radius 1 is 1.45 bits per heavy atom. The maximum atomic E-state index is 13.2. The van der Waals surface area contributed by atoms with Gasteiger partial charge in [-0.05, 0) is 51.2 Å². The number of rotatable bonds is 7. The number of esters is 1. The third-order valence-corrected chi connectivity index (χ3v) is 5.86. The van der Waals surface area contributed by atoms with Crippen LogP contribution in [0.25, 0.3) is 0 Å². The number of nitrogens with zero attached hydrogens (tertiary/aromatic N) is 2. The van der Waals surface area contributed by atoms with Crippen molar-refractivity contribution in [2.45, 2.75) is 25.9 Å². The maximum Gasteiger partial charge on any atom is 0.310 e. The van der Waals surface area contributed by atoms with Gasteiger partial charge in [-0.15, -0.1) is 0 Å². The minimum absolute atomic E-state index is 0.0428. The van der Waals surface area contributed by atoms with E-state index in [4.69, 9.17) is 4.74 Å². The number of nitrogens with one attached hydrogen (secondary N) is 3. The van der Waals surface area contributed by atoms with Gasteiger partial charge in [0.1, 0.15) is 5.82 Å². The number of piperidine rings is 1. The first-order chi connectivity index (χ1) is 15.0. The van der Waals surface area contributed by atoms with E-state index >= 15 is 0 Å². The molecule has 0 spiro atoms. The summed E-state index contributed by atoms with van der Waals surface area (Å²) in [5.74, 6) is 0.384. The number of amides is 1. The Bertz CT molecular complexity index is 842. The molecule has 2 atom stereocenters. The summed E-state index contributed by atoms with van der Waals surface area (Å²) in [5, 5.41) is 9.86. The molecule has 1 fully saturated rings. The summed E-state index contributed by atoms with van der Waals surface area (Å²) in [6, 6.07) is 0. The van der Waals surface area contributed by atoms with E-state index in [1.807, 2.05) is 25.4 Å². The fourth-order valence-corrected chi connectivity index (χ4v) is 4.18. The van der Waals surface area contributed by atoms with Crippen molar-refractivity contribution in [3.8, 4) is 0 Å². The SMILES string of the molecule is C=CC1=C(N(CC)C2=CC(NC)NC=C2)NCC(C(=O)N2CCCC(C(=O)OC)C2)=C1. The first-order valence-corrected chi connectivity index (χ1v) is 10.8. The molecule has 0 aliphatic carbocycles. The molecule has 0 aromatic heterocycles. The van der Waals surface area contributed by atoms with Gasteiger partial charge in [0.2, 0.25) is 0 Å². The Morgan fingerprint density at radius 2 is 2.26 bits per heavy atom. The fourth-order valence-electron chi connectivity index (χ4n) is 4.18. The summed E-state index contributed by atoms with van der Waals surface area (Å²) >= 11 is 0. The second kappa shape index (κ2) is 10.3. The summed E-state index contributed by atoms with van der Waals surface area (Å²) in [7, 11) is 3.30. The monoisotopic (exact) mass is 427 g/mol. The minimum atomic E-state index is -0.251. The standard InChI is InChI=1S/C23H33N5O3/c1-5-16-12-18(22(29)27-11-7-8-17(15-27)23(30)31-4)14-26-21(16)28(6-2)19-9-10-25-20(13-19)24-3/h5,9-10,12-13,17,20,24-26H,1,6-8,11,14-15H2,2-4H3. The molecule has 3 heterocycles. The zero-order valence-corrected chi connectivity index (χ0v) is 18.6. The van der Waals surface area contributed by atoms with Crippen LogP contribution in [0.4, 0.5) is 0 Å². The zero-order valence-electron chi connectivity index (χ0n) is 18.6. The van der Waals surface area contributed by atoms with Gasteiger partial charge in [-0.25, -0.2) is 0 Å². The quantitative estimate of drug-likeness (QED) is 0.526. The van der Waals surface area contributed by atoms with Gasteiger partial charge in [0.15, 0.2) is 0 Å². The minimum Gasteiger partial charge on any atom is -0.469 e. The van der Waals surface area contributed by atoms with E-state index in [0.29, 0.717) is 25.2 Å². The molecule has 1 saturated heterocycles. The van der Waals surface area contributed by atoms with E-state index in [1.54, 1.807) is 11.0 Å². The molecule has 0 aromatic rings. The lowest BCUT2D eigenvalue weighted by atomic mass is 9.96. The lowest BCUT2D eigenvalue weighted by Gasteiger charge is -2.35. The molecule has 8 heteroatoms. The summed E-state index contributed by atoms with van der Waals surface area (Å²) < 4.78 is 4.87. The van der Waals surface area contributed by atoms with Gasteiger partial charge in [-0.2, -0.15) is 0 Å². The summed E-state index contributed by atoms with van der Waals surface area (Å²) in [6.45, 7) is 8.29. The van der Waals surface area contributed by atoms with Crippen molar-refractivity contribution < 1.29 is 14.3 Å². The molecule has 168 valence electrons. The van der Waals surface area contributed by atoms with Crippen LogP contribution >= 0.6 is 0 Å². The van der Waals surface area contributed by atoms with Gasteiger partial charge in [0, 0.05) is 43.0 Å². The van der Waals surface area contributed by atoms with E-state index in [1.165, 1.54) is 7.11 Å². The topological polar surface area (TPSA) is 85.9 Å². The first kappa shape index (κ1) is 22.7. The van der Waals surface area contributed by atoms with Crippen molar-refractivity contribution in [1.82, 2.24) is 25.8 Å². The molecule has 3 aliphatic heterocycles. The Kier molecular flexibility index (Phi) is 7.57.